The van der Waals surface area contributed by atoms with Gasteiger partial charge in [-0.25, -0.2) is 0 Å². The van der Waals surface area contributed by atoms with Crippen molar-refractivity contribution in [3.8, 4) is 0 Å². The van der Waals surface area contributed by atoms with Crippen LogP contribution < -0.4 is 10.6 Å². The Morgan fingerprint density at radius 1 is 1.37 bits per heavy atom. The van der Waals surface area contributed by atoms with E-state index < -0.39 is 0 Å². The van der Waals surface area contributed by atoms with Crippen molar-refractivity contribution in [2.45, 2.75) is 39.2 Å². The summed E-state index contributed by atoms with van der Waals surface area (Å²) in [4.78, 5) is 12.8. The molecule has 1 amide bonds. The van der Waals surface area contributed by atoms with Gasteiger partial charge in [0.15, 0.2) is 0 Å². The molecule has 0 spiro atoms. The van der Waals surface area contributed by atoms with E-state index in [4.69, 9.17) is 5.73 Å². The zero-order valence-corrected chi connectivity index (χ0v) is 12.0. The van der Waals surface area contributed by atoms with Gasteiger partial charge >= 0.3 is 0 Å². The third-order valence-corrected chi connectivity index (χ3v) is 4.12. The van der Waals surface area contributed by atoms with E-state index in [-0.39, 0.29) is 11.8 Å². The molecule has 1 aromatic carbocycles. The second kappa shape index (κ2) is 6.20. The number of carbonyl (C=O) groups is 1. The molecule has 3 N–H and O–H groups in total. The van der Waals surface area contributed by atoms with E-state index in [0.717, 1.165) is 32.5 Å². The van der Waals surface area contributed by atoms with Crippen molar-refractivity contribution in [1.29, 1.82) is 0 Å². The third-order valence-electron chi connectivity index (χ3n) is 4.12. The summed E-state index contributed by atoms with van der Waals surface area (Å²) in [7, 11) is 0. The first-order valence-electron chi connectivity index (χ1n) is 7.28. The van der Waals surface area contributed by atoms with E-state index in [0.29, 0.717) is 5.92 Å². The molecule has 1 aliphatic rings. The summed E-state index contributed by atoms with van der Waals surface area (Å²) in [5.74, 6) is 0.515. The molecule has 0 radical (unpaired) electrons. The SMILES string of the molecule is CC(C)c1ccc(C[NH+]2CCC[C@H](C(N)=O)C2)cc1. The summed E-state index contributed by atoms with van der Waals surface area (Å²) < 4.78 is 0. The van der Waals surface area contributed by atoms with Crippen LogP contribution in [0.15, 0.2) is 24.3 Å². The number of nitrogens with two attached hydrogens (primary N) is 1. The molecule has 1 fully saturated rings. The van der Waals surface area contributed by atoms with Crippen LogP contribution in [-0.2, 0) is 11.3 Å². The zero-order valence-electron chi connectivity index (χ0n) is 12.0. The summed E-state index contributed by atoms with van der Waals surface area (Å²) in [5.41, 5.74) is 8.16. The smallest absolute Gasteiger partial charge is 0.226 e. The molecule has 2 atom stereocenters. The lowest BCUT2D eigenvalue weighted by Gasteiger charge is -2.28. The van der Waals surface area contributed by atoms with E-state index in [1.807, 2.05) is 0 Å². The first-order valence-corrected chi connectivity index (χ1v) is 7.28. The van der Waals surface area contributed by atoms with Crippen LogP contribution in [0.5, 0.6) is 0 Å². The monoisotopic (exact) mass is 261 g/mol. The lowest BCUT2D eigenvalue weighted by molar-refractivity contribution is -0.921. The van der Waals surface area contributed by atoms with Gasteiger partial charge in [0.25, 0.3) is 0 Å². The largest absolute Gasteiger partial charge is 0.369 e. The molecular weight excluding hydrogens is 236 g/mol. The van der Waals surface area contributed by atoms with Crippen LogP contribution in [0, 0.1) is 5.92 Å². The molecule has 0 saturated carbocycles. The summed E-state index contributed by atoms with van der Waals surface area (Å²) in [6, 6.07) is 8.87. The molecule has 19 heavy (non-hydrogen) atoms. The maximum absolute atomic E-state index is 11.3. The summed E-state index contributed by atoms with van der Waals surface area (Å²) in [6.45, 7) is 7.46. The van der Waals surface area contributed by atoms with E-state index in [2.05, 4.69) is 38.1 Å². The van der Waals surface area contributed by atoms with Crippen molar-refractivity contribution in [3.63, 3.8) is 0 Å². The van der Waals surface area contributed by atoms with Crippen LogP contribution in [0.1, 0.15) is 43.7 Å². The number of quaternary nitrogens is 1. The first-order chi connectivity index (χ1) is 9.06. The Hall–Kier alpha value is -1.35. The molecule has 1 heterocycles. The average Bonchev–Trinajstić information content (AvgIpc) is 2.39. The number of likely N-dealkylation sites (tertiary alicyclic amines) is 1. The highest BCUT2D eigenvalue weighted by atomic mass is 16.1. The number of nitrogens with one attached hydrogen (secondary N) is 1. The minimum atomic E-state index is -0.132. The van der Waals surface area contributed by atoms with Crippen molar-refractivity contribution in [2.75, 3.05) is 13.1 Å². The van der Waals surface area contributed by atoms with Gasteiger partial charge in [-0.1, -0.05) is 38.1 Å². The fraction of sp³-hybridized carbons (Fsp3) is 0.562. The number of primary amides is 1. The molecule has 1 aromatic rings. The van der Waals surface area contributed by atoms with Crippen LogP contribution >= 0.6 is 0 Å². The van der Waals surface area contributed by atoms with Crippen molar-refractivity contribution >= 4 is 5.91 Å². The molecule has 104 valence electrons. The standard InChI is InChI=1S/C16H24N2O/c1-12(2)14-7-5-13(6-8-14)10-18-9-3-4-15(11-18)16(17)19/h5-8,12,15H,3-4,9-11H2,1-2H3,(H2,17,19)/p+1/t15-/m0/s1. The normalized spacial score (nSPS) is 23.5. The number of hydrogen-bond acceptors (Lipinski definition) is 1. The summed E-state index contributed by atoms with van der Waals surface area (Å²) in [5, 5.41) is 0. The highest BCUT2D eigenvalue weighted by molar-refractivity contribution is 5.76. The topological polar surface area (TPSA) is 47.5 Å². The second-order valence-electron chi connectivity index (χ2n) is 6.02. The molecule has 1 unspecified atom stereocenters. The number of hydrogen-bond donors (Lipinski definition) is 2. The fourth-order valence-electron chi connectivity index (χ4n) is 2.86. The fourth-order valence-corrected chi connectivity index (χ4v) is 2.86. The van der Waals surface area contributed by atoms with E-state index >= 15 is 0 Å². The Kier molecular flexibility index (Phi) is 4.59. The number of benzene rings is 1. The molecule has 2 rings (SSSR count). The average molecular weight is 261 g/mol. The van der Waals surface area contributed by atoms with Crippen molar-refractivity contribution in [2.24, 2.45) is 11.7 Å². The van der Waals surface area contributed by atoms with Gasteiger partial charge in [0.2, 0.25) is 5.91 Å². The Balaban J connectivity index is 1.95. The van der Waals surface area contributed by atoms with Crippen LogP contribution in [0.3, 0.4) is 0 Å². The molecule has 1 aliphatic heterocycles. The predicted molar refractivity (Wildman–Crippen MR) is 76.9 cm³/mol. The molecule has 0 aromatic heterocycles. The third kappa shape index (κ3) is 3.80. The molecule has 0 aliphatic carbocycles. The highest BCUT2D eigenvalue weighted by Crippen LogP contribution is 2.14. The number of amides is 1. The molecule has 0 bridgehead atoms. The van der Waals surface area contributed by atoms with Gasteiger partial charge in [-0.15, -0.1) is 0 Å². The predicted octanol–water partition coefficient (Wildman–Crippen LogP) is 1.09. The van der Waals surface area contributed by atoms with E-state index in [9.17, 15) is 4.79 Å². The van der Waals surface area contributed by atoms with Gasteiger partial charge in [0.1, 0.15) is 6.54 Å². The first kappa shape index (κ1) is 14.1. The minimum absolute atomic E-state index is 0.0682. The minimum Gasteiger partial charge on any atom is -0.369 e. The summed E-state index contributed by atoms with van der Waals surface area (Å²) >= 11 is 0. The Labute approximate surface area is 115 Å². The van der Waals surface area contributed by atoms with Crippen LogP contribution in [0.2, 0.25) is 0 Å². The number of piperidine rings is 1. The van der Waals surface area contributed by atoms with Crippen LogP contribution in [0.4, 0.5) is 0 Å². The van der Waals surface area contributed by atoms with Gasteiger partial charge in [0, 0.05) is 5.56 Å². The molecule has 3 nitrogen and oxygen atoms in total. The van der Waals surface area contributed by atoms with Crippen LogP contribution in [0.25, 0.3) is 0 Å². The lowest BCUT2D eigenvalue weighted by atomic mass is 9.96. The highest BCUT2D eigenvalue weighted by Gasteiger charge is 2.26. The number of carbonyl (C=O) groups excluding carboxylic acids is 1. The van der Waals surface area contributed by atoms with Gasteiger partial charge in [0.05, 0.1) is 19.0 Å². The van der Waals surface area contributed by atoms with Crippen molar-refractivity contribution < 1.29 is 9.69 Å². The molecule has 3 heteroatoms. The molecule has 1 saturated heterocycles. The van der Waals surface area contributed by atoms with E-state index in [1.54, 1.807) is 0 Å². The Morgan fingerprint density at radius 2 is 2.05 bits per heavy atom. The van der Waals surface area contributed by atoms with E-state index in [1.165, 1.54) is 16.0 Å². The second-order valence-corrected chi connectivity index (χ2v) is 6.02. The lowest BCUT2D eigenvalue weighted by Crippen LogP contribution is -3.12. The van der Waals surface area contributed by atoms with Gasteiger partial charge in [-0.3, -0.25) is 4.79 Å². The quantitative estimate of drug-likeness (QED) is 0.837. The van der Waals surface area contributed by atoms with Crippen molar-refractivity contribution in [1.82, 2.24) is 0 Å². The summed E-state index contributed by atoms with van der Waals surface area (Å²) in [6.07, 6.45) is 2.07. The van der Waals surface area contributed by atoms with Crippen molar-refractivity contribution in [3.05, 3.63) is 35.4 Å². The maximum atomic E-state index is 11.3. The maximum Gasteiger partial charge on any atom is 0.226 e. The Morgan fingerprint density at radius 3 is 2.63 bits per heavy atom. The number of rotatable bonds is 4. The van der Waals surface area contributed by atoms with Gasteiger partial charge < -0.3 is 10.6 Å². The van der Waals surface area contributed by atoms with Gasteiger partial charge in [-0.05, 0) is 24.3 Å². The molecular formula is C16H25N2O+. The zero-order chi connectivity index (χ0) is 13.8. The van der Waals surface area contributed by atoms with Crippen LogP contribution in [-0.4, -0.2) is 19.0 Å². The van der Waals surface area contributed by atoms with Gasteiger partial charge in [-0.2, -0.15) is 0 Å². The Bertz CT molecular complexity index is 425.